The summed E-state index contributed by atoms with van der Waals surface area (Å²) in [6, 6.07) is 11.6. The molecule has 6 rings (SSSR count). The minimum Gasteiger partial charge on any atom is -0.496 e. The number of amides is 1. The van der Waals surface area contributed by atoms with Gasteiger partial charge < -0.3 is 23.9 Å². The maximum atomic E-state index is 12.4. The lowest BCUT2D eigenvalue weighted by atomic mass is 10.1. The second kappa shape index (κ2) is 11.4. The van der Waals surface area contributed by atoms with Gasteiger partial charge >= 0.3 is 6.18 Å². The van der Waals surface area contributed by atoms with Crippen molar-refractivity contribution >= 4 is 50.0 Å². The fraction of sp³-hybridized carbons (Fsp3) is 0.286. The number of nitrogens with zero attached hydrogens (tertiary/aromatic N) is 4. The Morgan fingerprint density at radius 3 is 2.63 bits per heavy atom. The maximum absolute atomic E-state index is 12.4. The third-order valence-electron chi connectivity index (χ3n) is 6.64. The SMILES string of the molecule is COc1cc(OCC2N=C(c3ccc(C(=O)NCC(F)(F)F)cc3)SC2C)c2cc(-c3cn4nc(OC)sc4n3)oc2c1. The Kier molecular flexibility index (Phi) is 7.68. The zero-order valence-electron chi connectivity index (χ0n) is 23.0. The van der Waals surface area contributed by atoms with E-state index in [1.54, 1.807) is 61.0 Å². The van der Waals surface area contributed by atoms with Gasteiger partial charge in [0.15, 0.2) is 5.76 Å². The predicted octanol–water partition coefficient (Wildman–Crippen LogP) is 5.84. The van der Waals surface area contributed by atoms with Gasteiger partial charge in [0.25, 0.3) is 11.1 Å². The van der Waals surface area contributed by atoms with Crippen molar-refractivity contribution in [1.82, 2.24) is 19.9 Å². The van der Waals surface area contributed by atoms with Crippen LogP contribution in [0.3, 0.4) is 0 Å². The molecular weight excluding hydrogens is 607 g/mol. The van der Waals surface area contributed by atoms with Crippen molar-refractivity contribution in [3.8, 4) is 28.1 Å². The molecule has 0 radical (unpaired) electrons. The smallest absolute Gasteiger partial charge is 0.405 e. The van der Waals surface area contributed by atoms with Crippen LogP contribution < -0.4 is 19.5 Å². The summed E-state index contributed by atoms with van der Waals surface area (Å²) in [4.78, 5) is 22.1. The number of carbonyl (C=O) groups is 1. The Hall–Kier alpha value is -4.24. The van der Waals surface area contributed by atoms with E-state index in [1.807, 2.05) is 18.3 Å². The average Bonchev–Trinajstić information content (AvgIpc) is 3.76. The lowest BCUT2D eigenvalue weighted by molar-refractivity contribution is -0.123. The highest BCUT2D eigenvalue weighted by Crippen LogP contribution is 2.38. The van der Waals surface area contributed by atoms with E-state index in [4.69, 9.17) is 23.6 Å². The Bertz CT molecular complexity index is 1800. The highest BCUT2D eigenvalue weighted by Gasteiger charge is 2.30. The van der Waals surface area contributed by atoms with Gasteiger partial charge in [-0.1, -0.05) is 19.1 Å². The zero-order chi connectivity index (χ0) is 30.3. The molecule has 5 aromatic rings. The number of fused-ring (bicyclic) bond motifs is 2. The number of ether oxygens (including phenoxy) is 3. The number of benzene rings is 2. The van der Waals surface area contributed by atoms with Crippen molar-refractivity contribution in [2.75, 3.05) is 27.4 Å². The van der Waals surface area contributed by atoms with Crippen LogP contribution in [0.5, 0.6) is 16.7 Å². The fourth-order valence-corrected chi connectivity index (χ4v) is 6.22. The van der Waals surface area contributed by atoms with E-state index in [0.717, 1.165) is 16.0 Å². The van der Waals surface area contributed by atoms with Crippen LogP contribution in [-0.2, 0) is 0 Å². The normalized spacial score (nSPS) is 16.9. The molecule has 0 spiro atoms. The summed E-state index contributed by atoms with van der Waals surface area (Å²) in [6.45, 7) is 0.936. The number of aliphatic imine (C=N–C) groups is 1. The largest absolute Gasteiger partial charge is 0.496 e. The van der Waals surface area contributed by atoms with Crippen LogP contribution in [0.2, 0.25) is 0 Å². The number of carbonyl (C=O) groups excluding carboxylic acids is 1. The molecule has 0 aliphatic carbocycles. The first kappa shape index (κ1) is 28.9. The van der Waals surface area contributed by atoms with Crippen molar-refractivity contribution in [2.24, 2.45) is 4.99 Å². The third-order valence-corrected chi connectivity index (χ3v) is 8.77. The molecule has 1 aliphatic heterocycles. The molecule has 0 saturated carbocycles. The molecule has 4 heterocycles. The number of halogens is 3. The fourth-order valence-electron chi connectivity index (χ4n) is 4.41. The van der Waals surface area contributed by atoms with Gasteiger partial charge in [-0.2, -0.15) is 13.2 Å². The van der Waals surface area contributed by atoms with Crippen LogP contribution in [0.4, 0.5) is 13.2 Å². The predicted molar refractivity (Wildman–Crippen MR) is 157 cm³/mol. The number of aromatic nitrogens is 3. The van der Waals surface area contributed by atoms with Gasteiger partial charge in [0.05, 0.1) is 36.9 Å². The van der Waals surface area contributed by atoms with Crippen LogP contribution in [0.1, 0.15) is 22.8 Å². The Morgan fingerprint density at radius 1 is 1.14 bits per heavy atom. The molecule has 0 fully saturated rings. The van der Waals surface area contributed by atoms with Crippen LogP contribution in [0.15, 0.2) is 58.1 Å². The summed E-state index contributed by atoms with van der Waals surface area (Å²) in [5.41, 5.74) is 2.09. The van der Waals surface area contributed by atoms with E-state index in [0.29, 0.717) is 38.7 Å². The van der Waals surface area contributed by atoms with Crippen molar-refractivity contribution in [1.29, 1.82) is 0 Å². The van der Waals surface area contributed by atoms with Gasteiger partial charge in [0, 0.05) is 28.5 Å². The van der Waals surface area contributed by atoms with Gasteiger partial charge in [-0.3, -0.25) is 9.79 Å². The van der Waals surface area contributed by atoms with Gasteiger partial charge in [0.1, 0.15) is 35.9 Å². The van der Waals surface area contributed by atoms with E-state index in [2.05, 4.69) is 10.1 Å². The highest BCUT2D eigenvalue weighted by atomic mass is 32.2. The maximum Gasteiger partial charge on any atom is 0.405 e. The summed E-state index contributed by atoms with van der Waals surface area (Å²) in [5.74, 6) is 0.893. The first-order valence-corrected chi connectivity index (χ1v) is 14.6. The number of alkyl halides is 3. The zero-order valence-corrected chi connectivity index (χ0v) is 24.6. The molecule has 1 amide bonds. The van der Waals surface area contributed by atoms with E-state index < -0.39 is 18.6 Å². The van der Waals surface area contributed by atoms with Crippen molar-refractivity contribution in [3.63, 3.8) is 0 Å². The minimum atomic E-state index is -4.47. The number of methoxy groups -OCH3 is 2. The number of nitrogens with one attached hydrogen (secondary N) is 1. The second-order valence-corrected chi connectivity index (χ2v) is 11.9. The topological polar surface area (TPSA) is 112 Å². The first-order valence-electron chi connectivity index (χ1n) is 12.9. The summed E-state index contributed by atoms with van der Waals surface area (Å²) in [7, 11) is 3.12. The standard InChI is InChI=1S/C28H24F3N5O5S2/c1-14-20(33-25(42-14)16-6-4-15(5-7-16)24(37)32-13-28(29,30)31)12-40-21-8-17(38-2)9-22-18(21)10-23(41-22)19-11-36-26(34-19)43-27(35-36)39-3/h4-11,14,20H,12-13H2,1-3H3,(H,32,37). The number of imidazole rings is 1. The van der Waals surface area contributed by atoms with E-state index >= 15 is 0 Å². The molecule has 1 aliphatic rings. The molecule has 15 heteroatoms. The summed E-state index contributed by atoms with van der Waals surface area (Å²) in [5, 5.41) is 8.29. The van der Waals surface area contributed by atoms with Gasteiger partial charge in [-0.25, -0.2) is 9.50 Å². The number of hydrogen-bond donors (Lipinski definition) is 1. The van der Waals surface area contributed by atoms with Crippen molar-refractivity contribution < 1.29 is 36.6 Å². The molecule has 0 bridgehead atoms. The lowest BCUT2D eigenvalue weighted by Gasteiger charge is -2.14. The second-order valence-electron chi connectivity index (χ2n) is 9.58. The molecule has 224 valence electrons. The van der Waals surface area contributed by atoms with Crippen LogP contribution in [-0.4, -0.2) is 70.4 Å². The Morgan fingerprint density at radius 2 is 1.93 bits per heavy atom. The van der Waals surface area contributed by atoms with Gasteiger partial charge in [-0.05, 0) is 29.5 Å². The summed E-state index contributed by atoms with van der Waals surface area (Å²) in [6.07, 6.45) is -2.71. The quantitative estimate of drug-likeness (QED) is 0.216. The lowest BCUT2D eigenvalue weighted by Crippen LogP contribution is -2.33. The highest BCUT2D eigenvalue weighted by molar-refractivity contribution is 8.15. The number of hydrogen-bond acceptors (Lipinski definition) is 10. The van der Waals surface area contributed by atoms with Crippen LogP contribution >= 0.6 is 23.1 Å². The van der Waals surface area contributed by atoms with E-state index in [1.165, 1.54) is 23.5 Å². The summed E-state index contributed by atoms with van der Waals surface area (Å²) >= 11 is 2.88. The van der Waals surface area contributed by atoms with Gasteiger partial charge in [-0.15, -0.1) is 16.9 Å². The Labute approximate surface area is 250 Å². The van der Waals surface area contributed by atoms with Crippen molar-refractivity contribution in [3.05, 3.63) is 59.8 Å². The first-order chi connectivity index (χ1) is 20.6. The minimum absolute atomic E-state index is 0.0914. The number of rotatable bonds is 9. The molecule has 2 aromatic carbocycles. The monoisotopic (exact) mass is 631 g/mol. The molecular formula is C28H24F3N5O5S2. The van der Waals surface area contributed by atoms with Crippen LogP contribution in [0, 0.1) is 0 Å². The molecule has 1 N–H and O–H groups in total. The molecule has 43 heavy (non-hydrogen) atoms. The average molecular weight is 632 g/mol. The number of furan rings is 1. The van der Waals surface area contributed by atoms with Crippen molar-refractivity contribution in [2.45, 2.75) is 24.4 Å². The molecule has 10 nitrogen and oxygen atoms in total. The third kappa shape index (κ3) is 6.13. The molecule has 0 saturated heterocycles. The summed E-state index contributed by atoms with van der Waals surface area (Å²) < 4.78 is 61.9. The van der Waals surface area contributed by atoms with E-state index in [9.17, 15) is 18.0 Å². The number of thioether (sulfide) groups is 1. The molecule has 2 unspecified atom stereocenters. The van der Waals surface area contributed by atoms with E-state index in [-0.39, 0.29) is 23.5 Å². The molecule has 2 atom stereocenters. The van der Waals surface area contributed by atoms with Crippen LogP contribution in [0.25, 0.3) is 27.4 Å². The van der Waals surface area contributed by atoms with Gasteiger partial charge in [0.2, 0.25) is 4.96 Å². The Balaban J connectivity index is 1.18. The molecule has 3 aromatic heterocycles.